The van der Waals surface area contributed by atoms with Gasteiger partial charge in [0.25, 0.3) is 15.9 Å². The molecule has 1 amide bonds. The van der Waals surface area contributed by atoms with E-state index in [0.29, 0.717) is 28.5 Å². The zero-order valence-electron chi connectivity index (χ0n) is 22.1. The van der Waals surface area contributed by atoms with E-state index in [4.69, 9.17) is 19.9 Å². The third kappa shape index (κ3) is 5.93. The van der Waals surface area contributed by atoms with E-state index in [0.717, 1.165) is 16.7 Å². The Morgan fingerprint density at radius 3 is 2.26 bits per heavy atom. The Labute approximate surface area is 226 Å². The van der Waals surface area contributed by atoms with E-state index in [9.17, 15) is 13.2 Å². The predicted molar refractivity (Wildman–Crippen MR) is 147 cm³/mol. The maximum Gasteiger partial charge on any atom is 0.281 e. The Morgan fingerprint density at radius 1 is 0.897 bits per heavy atom. The van der Waals surface area contributed by atoms with Crippen LogP contribution in [-0.4, -0.2) is 38.5 Å². The maximum absolute atomic E-state index is 13.3. The normalized spacial score (nSPS) is 11.1. The molecular formula is C28H28N4O6S. The van der Waals surface area contributed by atoms with Crippen molar-refractivity contribution < 1.29 is 27.4 Å². The second kappa shape index (κ2) is 11.0. The number of methoxy groups -OCH3 is 2. The summed E-state index contributed by atoms with van der Waals surface area (Å²) in [6.45, 7) is 5.71. The van der Waals surface area contributed by atoms with Crippen LogP contribution in [0, 0.1) is 20.8 Å². The molecule has 0 fully saturated rings. The summed E-state index contributed by atoms with van der Waals surface area (Å²) in [7, 11) is -1.27. The predicted octanol–water partition coefficient (Wildman–Crippen LogP) is 4.58. The molecule has 0 aliphatic carbocycles. The summed E-state index contributed by atoms with van der Waals surface area (Å²) in [5, 5.41) is -0.394. The van der Waals surface area contributed by atoms with Gasteiger partial charge in [0, 0.05) is 5.56 Å². The van der Waals surface area contributed by atoms with Crippen molar-refractivity contribution >= 4 is 21.7 Å². The van der Waals surface area contributed by atoms with Gasteiger partial charge in [-0.15, -0.1) is 0 Å². The molecule has 4 aromatic rings. The summed E-state index contributed by atoms with van der Waals surface area (Å²) in [5.41, 5.74) is 9.21. The quantitative estimate of drug-likeness (QED) is 0.323. The Bertz CT molecular complexity index is 1650. The van der Waals surface area contributed by atoms with Gasteiger partial charge in [0.05, 0.1) is 19.9 Å². The average molecular weight is 549 g/mol. The lowest BCUT2D eigenvalue weighted by Gasteiger charge is -2.17. The zero-order valence-corrected chi connectivity index (χ0v) is 22.9. The van der Waals surface area contributed by atoms with Crippen LogP contribution >= 0.6 is 0 Å². The number of nitrogens with zero attached hydrogens (tertiary/aromatic N) is 2. The Hall–Kier alpha value is -4.64. The van der Waals surface area contributed by atoms with Crippen LogP contribution in [0.3, 0.4) is 0 Å². The molecule has 0 bridgehead atoms. The maximum atomic E-state index is 13.3. The van der Waals surface area contributed by atoms with Gasteiger partial charge in [0.15, 0.2) is 5.03 Å². The highest BCUT2D eigenvalue weighted by molar-refractivity contribution is 7.90. The van der Waals surface area contributed by atoms with Crippen molar-refractivity contribution in [3.8, 4) is 34.4 Å². The molecule has 2 aromatic heterocycles. The number of rotatable bonds is 8. The molecule has 2 aromatic carbocycles. The molecule has 0 spiro atoms. The van der Waals surface area contributed by atoms with E-state index in [-0.39, 0.29) is 17.3 Å². The van der Waals surface area contributed by atoms with Crippen LogP contribution in [0.2, 0.25) is 0 Å². The van der Waals surface area contributed by atoms with Crippen LogP contribution in [0.15, 0.2) is 65.7 Å². The number of hydrogen-bond donors (Lipinski definition) is 2. The fraction of sp³-hybridized carbons (Fsp3) is 0.179. The fourth-order valence-electron chi connectivity index (χ4n) is 4.09. The number of nitrogens with two attached hydrogens (primary N) is 1. The Kier molecular flexibility index (Phi) is 7.73. The van der Waals surface area contributed by atoms with Gasteiger partial charge < -0.3 is 19.9 Å². The van der Waals surface area contributed by atoms with Crippen molar-refractivity contribution in [1.29, 1.82) is 0 Å². The summed E-state index contributed by atoms with van der Waals surface area (Å²) in [4.78, 5) is 21.7. The van der Waals surface area contributed by atoms with Crippen molar-refractivity contribution in [2.24, 2.45) is 0 Å². The van der Waals surface area contributed by atoms with Crippen LogP contribution in [0.25, 0.3) is 11.3 Å². The van der Waals surface area contributed by atoms with E-state index in [1.807, 2.05) is 37.6 Å². The van der Waals surface area contributed by atoms with Gasteiger partial charge in [-0.1, -0.05) is 23.8 Å². The van der Waals surface area contributed by atoms with Gasteiger partial charge in [-0.2, -0.15) is 8.42 Å². The highest BCUT2D eigenvalue weighted by Crippen LogP contribution is 2.36. The second-order valence-corrected chi connectivity index (χ2v) is 10.4. The number of anilines is 1. The number of hydrogen-bond acceptors (Lipinski definition) is 9. The molecule has 0 saturated heterocycles. The summed E-state index contributed by atoms with van der Waals surface area (Å²) < 4.78 is 44.9. The molecular weight excluding hydrogens is 520 g/mol. The minimum Gasteiger partial charge on any atom is -0.497 e. The Morgan fingerprint density at radius 2 is 1.62 bits per heavy atom. The molecule has 0 aliphatic heterocycles. The number of amides is 1. The molecule has 4 rings (SSSR count). The van der Waals surface area contributed by atoms with Crippen LogP contribution in [0.1, 0.15) is 27.0 Å². The first-order chi connectivity index (χ1) is 18.5. The molecule has 0 aliphatic rings. The number of carbonyl (C=O) groups is 1. The van der Waals surface area contributed by atoms with Crippen molar-refractivity contribution in [2.75, 3.05) is 20.0 Å². The van der Waals surface area contributed by atoms with E-state index in [2.05, 4.69) is 9.97 Å². The molecule has 202 valence electrons. The van der Waals surface area contributed by atoms with E-state index in [1.165, 1.54) is 31.4 Å². The molecule has 11 heteroatoms. The first-order valence-corrected chi connectivity index (χ1v) is 13.3. The minimum absolute atomic E-state index is 0.00192. The number of sulfonamides is 1. The number of nitrogens with one attached hydrogen (secondary N) is 1. The topological polar surface area (TPSA) is 143 Å². The van der Waals surface area contributed by atoms with Gasteiger partial charge >= 0.3 is 0 Å². The van der Waals surface area contributed by atoms with Gasteiger partial charge in [-0.3, -0.25) is 4.79 Å². The van der Waals surface area contributed by atoms with Crippen LogP contribution in [0.4, 0.5) is 5.82 Å². The average Bonchev–Trinajstić information content (AvgIpc) is 2.90. The van der Waals surface area contributed by atoms with E-state index < -0.39 is 21.0 Å². The fourth-order valence-corrected chi connectivity index (χ4v) is 5.03. The molecule has 0 atom stereocenters. The standard InChI is InChI=1S/C28H28N4O6S/c1-16-13-17(2)26(18(3)14-16)38-28-20(27(33)32-39(34,35)25-8-6-7-24(29)31-25)10-11-22(30-28)21-15-19(36-4)9-12-23(21)37-5/h6-15H,1-5H3,(H2,29,31)(H,32,33). The number of aryl methyl sites for hydroxylation is 3. The molecule has 0 unspecified atom stereocenters. The molecule has 3 N–H and O–H groups in total. The molecule has 10 nitrogen and oxygen atoms in total. The highest BCUT2D eigenvalue weighted by Gasteiger charge is 2.25. The van der Waals surface area contributed by atoms with Gasteiger partial charge in [-0.25, -0.2) is 14.7 Å². The summed E-state index contributed by atoms with van der Waals surface area (Å²) in [6, 6.07) is 16.2. The minimum atomic E-state index is -4.33. The summed E-state index contributed by atoms with van der Waals surface area (Å²) in [5.74, 6) is 0.538. The number of benzene rings is 2. The largest absolute Gasteiger partial charge is 0.497 e. The first kappa shape index (κ1) is 27.4. The lowest BCUT2D eigenvalue weighted by Crippen LogP contribution is -2.31. The van der Waals surface area contributed by atoms with E-state index in [1.54, 1.807) is 31.4 Å². The molecule has 0 radical (unpaired) electrons. The molecule has 39 heavy (non-hydrogen) atoms. The van der Waals surface area contributed by atoms with Crippen LogP contribution in [0.5, 0.6) is 23.1 Å². The third-order valence-electron chi connectivity index (χ3n) is 5.84. The van der Waals surface area contributed by atoms with Crippen LogP contribution in [-0.2, 0) is 10.0 Å². The summed E-state index contributed by atoms with van der Waals surface area (Å²) in [6.07, 6.45) is 0. The van der Waals surface area contributed by atoms with Crippen LogP contribution < -0.4 is 24.7 Å². The first-order valence-electron chi connectivity index (χ1n) is 11.8. The van der Waals surface area contributed by atoms with Gasteiger partial charge in [-0.05, 0) is 74.4 Å². The number of pyridine rings is 2. The van der Waals surface area contributed by atoms with Crippen molar-refractivity contribution in [3.63, 3.8) is 0 Å². The van der Waals surface area contributed by atoms with Gasteiger partial charge in [0.1, 0.15) is 28.6 Å². The third-order valence-corrected chi connectivity index (χ3v) is 7.07. The number of carbonyl (C=O) groups excluding carboxylic acids is 1. The number of aromatic nitrogens is 2. The lowest BCUT2D eigenvalue weighted by molar-refractivity contribution is 0.0978. The summed E-state index contributed by atoms with van der Waals surface area (Å²) >= 11 is 0. The highest BCUT2D eigenvalue weighted by atomic mass is 32.2. The smallest absolute Gasteiger partial charge is 0.281 e. The zero-order chi connectivity index (χ0) is 28.3. The monoisotopic (exact) mass is 548 g/mol. The molecule has 0 saturated carbocycles. The number of ether oxygens (including phenoxy) is 3. The van der Waals surface area contributed by atoms with Gasteiger partial charge in [0.2, 0.25) is 5.88 Å². The van der Waals surface area contributed by atoms with Crippen molar-refractivity contribution in [3.05, 3.63) is 82.9 Å². The molecule has 2 heterocycles. The van der Waals surface area contributed by atoms with Crippen molar-refractivity contribution in [2.45, 2.75) is 25.8 Å². The Balaban J connectivity index is 1.83. The van der Waals surface area contributed by atoms with E-state index >= 15 is 0 Å². The van der Waals surface area contributed by atoms with Crippen molar-refractivity contribution in [1.82, 2.24) is 14.7 Å². The lowest BCUT2D eigenvalue weighted by atomic mass is 10.1. The second-order valence-electron chi connectivity index (χ2n) is 8.78. The number of nitrogen functional groups attached to an aromatic ring is 1. The SMILES string of the molecule is COc1ccc(OC)c(-c2ccc(C(=O)NS(=O)(=O)c3cccc(N)n3)c(Oc3c(C)cc(C)cc3C)n2)c1.